The van der Waals surface area contributed by atoms with Gasteiger partial charge in [0.1, 0.15) is 16.6 Å². The average Bonchev–Trinajstić information content (AvgIpc) is 2.63. The first kappa shape index (κ1) is 21.6. The molecule has 0 bridgehead atoms. The molecule has 0 unspecified atom stereocenters. The lowest BCUT2D eigenvalue weighted by Gasteiger charge is -2.12. The summed E-state index contributed by atoms with van der Waals surface area (Å²) in [5, 5.41) is 59.0. The van der Waals surface area contributed by atoms with Gasteiger partial charge in [-0.1, -0.05) is 12.2 Å². The lowest BCUT2D eigenvalue weighted by molar-refractivity contribution is -0.138. The molecule has 2 rings (SSSR count). The molecule has 0 spiro atoms. The molecule has 0 amide bonds. The molecule has 0 aromatic heterocycles. The highest BCUT2D eigenvalue weighted by Gasteiger charge is 2.35. The Hall–Kier alpha value is -3.65. The molecule has 0 saturated carbocycles. The Balaban J connectivity index is 2.27. The summed E-state index contributed by atoms with van der Waals surface area (Å²) in [6.45, 7) is -0.0894. The zero-order valence-corrected chi connectivity index (χ0v) is 15.1. The molecule has 2 aromatic rings. The minimum Gasteiger partial charge on any atom is -0.504 e. The largest absolute Gasteiger partial charge is 0.504 e. The van der Waals surface area contributed by atoms with Crippen LogP contribution in [-0.4, -0.2) is 30.5 Å². The van der Waals surface area contributed by atoms with Crippen LogP contribution in [0, 0.1) is 11.3 Å². The van der Waals surface area contributed by atoms with Crippen LogP contribution in [-0.2, 0) is 12.7 Å². The first-order valence-electron chi connectivity index (χ1n) is 7.71. The van der Waals surface area contributed by atoms with Crippen molar-refractivity contribution >= 4 is 23.3 Å². The average molecular weight is 426 g/mol. The molecule has 0 radical (unpaired) electrons. The fourth-order valence-electron chi connectivity index (χ4n) is 2.30. The predicted molar refractivity (Wildman–Crippen MR) is 99.2 cm³/mol. The summed E-state index contributed by atoms with van der Waals surface area (Å²) in [6, 6.07) is 5.35. The Bertz CT molecular complexity index is 1020. The van der Waals surface area contributed by atoms with E-state index in [-0.39, 0.29) is 22.7 Å². The van der Waals surface area contributed by atoms with Gasteiger partial charge >= 0.3 is 6.18 Å². The van der Waals surface area contributed by atoms with Crippen molar-refractivity contribution in [3.63, 3.8) is 0 Å². The van der Waals surface area contributed by atoms with Crippen molar-refractivity contribution in [1.82, 2.24) is 5.32 Å². The topological polar surface area (TPSA) is 137 Å². The van der Waals surface area contributed by atoms with Crippen LogP contribution >= 0.6 is 12.2 Å². The number of thiocarbonyl (C=S) groups is 1. The number of halogens is 3. The number of nitrogens with one attached hydrogen (secondary N) is 1. The molecule has 6 N–H and O–H groups in total. The van der Waals surface area contributed by atoms with E-state index in [0.29, 0.717) is 11.6 Å². The number of alkyl halides is 3. The fraction of sp³-hybridized carbons (Fsp3) is 0.111. The quantitative estimate of drug-likeness (QED) is 0.190. The summed E-state index contributed by atoms with van der Waals surface area (Å²) >= 11 is 5.02. The Morgan fingerprint density at radius 1 is 1.00 bits per heavy atom. The fourth-order valence-corrected chi connectivity index (χ4v) is 2.47. The van der Waals surface area contributed by atoms with Gasteiger partial charge in [0.15, 0.2) is 28.7 Å². The number of benzene rings is 2. The van der Waals surface area contributed by atoms with Crippen LogP contribution in [0.2, 0.25) is 0 Å². The number of aromatic hydroxyl groups is 5. The summed E-state index contributed by atoms with van der Waals surface area (Å²) in [5.74, 6) is -4.22. The van der Waals surface area contributed by atoms with Gasteiger partial charge in [0, 0.05) is 6.54 Å². The van der Waals surface area contributed by atoms with Gasteiger partial charge in [0.2, 0.25) is 0 Å². The van der Waals surface area contributed by atoms with Crippen LogP contribution < -0.4 is 5.32 Å². The van der Waals surface area contributed by atoms with E-state index in [4.69, 9.17) is 12.2 Å². The Morgan fingerprint density at radius 3 is 2.07 bits per heavy atom. The highest BCUT2D eigenvalue weighted by Crippen LogP contribution is 2.41. The second-order valence-corrected chi connectivity index (χ2v) is 6.18. The second kappa shape index (κ2) is 8.15. The molecule has 0 heterocycles. The first-order chi connectivity index (χ1) is 13.4. The third kappa shape index (κ3) is 4.99. The van der Waals surface area contributed by atoms with E-state index in [1.807, 2.05) is 0 Å². The Labute approximate surface area is 167 Å². The molecule has 0 atom stereocenters. The summed E-state index contributed by atoms with van der Waals surface area (Å²) in [5.41, 5.74) is -1.66. The van der Waals surface area contributed by atoms with Crippen molar-refractivity contribution in [3.8, 4) is 34.8 Å². The van der Waals surface area contributed by atoms with Crippen molar-refractivity contribution < 1.29 is 38.7 Å². The van der Waals surface area contributed by atoms with Crippen LogP contribution in [0.15, 0.2) is 29.8 Å². The maximum atomic E-state index is 12.9. The molecule has 0 aliphatic rings. The molecule has 2 aromatic carbocycles. The van der Waals surface area contributed by atoms with Gasteiger partial charge < -0.3 is 30.8 Å². The molecule has 152 valence electrons. The molecule has 7 nitrogen and oxygen atoms in total. The molecule has 11 heteroatoms. The van der Waals surface area contributed by atoms with E-state index in [1.165, 1.54) is 0 Å². The number of nitrogens with zero attached hydrogens (tertiary/aromatic N) is 1. The van der Waals surface area contributed by atoms with E-state index in [2.05, 4.69) is 5.32 Å². The second-order valence-electron chi connectivity index (χ2n) is 5.77. The van der Waals surface area contributed by atoms with Crippen molar-refractivity contribution in [2.45, 2.75) is 12.7 Å². The van der Waals surface area contributed by atoms with Crippen molar-refractivity contribution in [2.24, 2.45) is 0 Å². The first-order valence-corrected chi connectivity index (χ1v) is 8.11. The van der Waals surface area contributed by atoms with Crippen LogP contribution in [0.1, 0.15) is 16.7 Å². The summed E-state index contributed by atoms with van der Waals surface area (Å²) in [4.78, 5) is -0.166. The highest BCUT2D eigenvalue weighted by atomic mass is 32.1. The number of phenols is 5. The predicted octanol–water partition coefficient (Wildman–Crippen LogP) is 3.26. The molecule has 0 saturated heterocycles. The molecule has 0 aliphatic carbocycles. The molecule has 0 aliphatic heterocycles. The summed E-state index contributed by atoms with van der Waals surface area (Å²) < 4.78 is 38.8. The van der Waals surface area contributed by atoms with Crippen LogP contribution in [0.25, 0.3) is 6.08 Å². The standard InChI is InChI=1S/C18H13F3N2O5S/c19-18(20,21)11-2-8(3-12(24)15(11)27)1-10(6-22)17(29)23-7-9-4-13(25)16(28)14(26)5-9/h1-5,24-28H,7H2,(H,23,29)/b10-1-. The van der Waals surface area contributed by atoms with Gasteiger partial charge in [-0.2, -0.15) is 18.4 Å². The number of hydrogen-bond acceptors (Lipinski definition) is 7. The zero-order chi connectivity index (χ0) is 21.9. The molecular weight excluding hydrogens is 413 g/mol. The highest BCUT2D eigenvalue weighted by molar-refractivity contribution is 7.80. The Morgan fingerprint density at radius 2 is 1.55 bits per heavy atom. The molecule has 29 heavy (non-hydrogen) atoms. The number of hydrogen-bond donors (Lipinski definition) is 6. The smallest absolute Gasteiger partial charge is 0.420 e. The van der Waals surface area contributed by atoms with Gasteiger partial charge in [-0.25, -0.2) is 0 Å². The van der Waals surface area contributed by atoms with Crippen LogP contribution in [0.5, 0.6) is 28.7 Å². The normalized spacial score (nSPS) is 11.7. The SMILES string of the molecule is N#C/C(=C/c1cc(O)c(O)c(C(F)(F)F)c1)C(=S)NCc1cc(O)c(O)c(O)c1. The van der Waals surface area contributed by atoms with E-state index in [1.54, 1.807) is 6.07 Å². The minimum atomic E-state index is -4.93. The maximum Gasteiger partial charge on any atom is 0.420 e. The molecule has 0 fully saturated rings. The van der Waals surface area contributed by atoms with Gasteiger partial charge in [-0.05, 0) is 41.5 Å². The summed E-state index contributed by atoms with van der Waals surface area (Å²) in [7, 11) is 0. The zero-order valence-electron chi connectivity index (χ0n) is 14.3. The van der Waals surface area contributed by atoms with Crippen LogP contribution in [0.4, 0.5) is 13.2 Å². The van der Waals surface area contributed by atoms with E-state index in [9.17, 15) is 44.0 Å². The van der Waals surface area contributed by atoms with Gasteiger partial charge in [-0.3, -0.25) is 0 Å². The van der Waals surface area contributed by atoms with Gasteiger partial charge in [-0.15, -0.1) is 0 Å². The van der Waals surface area contributed by atoms with Crippen molar-refractivity contribution in [3.05, 3.63) is 46.5 Å². The van der Waals surface area contributed by atoms with Crippen molar-refractivity contribution in [2.75, 3.05) is 0 Å². The van der Waals surface area contributed by atoms with E-state index >= 15 is 0 Å². The van der Waals surface area contributed by atoms with E-state index < -0.39 is 40.5 Å². The minimum absolute atomic E-state index is 0.0894. The van der Waals surface area contributed by atoms with Gasteiger partial charge in [0.25, 0.3) is 0 Å². The molecular formula is C18H13F3N2O5S. The van der Waals surface area contributed by atoms with E-state index in [0.717, 1.165) is 24.3 Å². The third-order valence-electron chi connectivity index (χ3n) is 3.68. The monoisotopic (exact) mass is 426 g/mol. The third-order valence-corrected chi connectivity index (χ3v) is 4.04. The van der Waals surface area contributed by atoms with Gasteiger partial charge in [0.05, 0.1) is 5.57 Å². The van der Waals surface area contributed by atoms with Crippen LogP contribution in [0.3, 0.4) is 0 Å². The lowest BCUT2D eigenvalue weighted by atomic mass is 10.1. The number of nitriles is 1. The maximum absolute atomic E-state index is 12.9. The number of rotatable bonds is 4. The Kier molecular flexibility index (Phi) is 6.09. The van der Waals surface area contributed by atoms with Crippen molar-refractivity contribution in [1.29, 1.82) is 5.26 Å². The lowest BCUT2D eigenvalue weighted by Crippen LogP contribution is -2.22. The summed E-state index contributed by atoms with van der Waals surface area (Å²) in [6.07, 6.45) is -3.95. The number of phenolic OH excluding ortho intramolecular Hbond substituents is 5.